The molecule has 0 saturated heterocycles. The van der Waals surface area contributed by atoms with Crippen LogP contribution in [-0.4, -0.2) is 5.91 Å². The molecule has 3 N–H and O–H groups in total. The van der Waals surface area contributed by atoms with Crippen LogP contribution in [0.4, 0.5) is 15.8 Å². The summed E-state index contributed by atoms with van der Waals surface area (Å²) in [5.74, 6) is -0.911. The average molecular weight is 230 g/mol. The van der Waals surface area contributed by atoms with Crippen LogP contribution in [0.15, 0.2) is 48.5 Å². The topological polar surface area (TPSA) is 55.1 Å². The van der Waals surface area contributed by atoms with Crippen molar-refractivity contribution in [1.29, 1.82) is 0 Å². The molecule has 0 aliphatic rings. The van der Waals surface area contributed by atoms with E-state index in [1.807, 2.05) is 6.07 Å². The number of benzene rings is 2. The van der Waals surface area contributed by atoms with Crippen LogP contribution in [0, 0.1) is 5.82 Å². The molecule has 0 radical (unpaired) electrons. The van der Waals surface area contributed by atoms with Gasteiger partial charge in [-0.05, 0) is 30.3 Å². The summed E-state index contributed by atoms with van der Waals surface area (Å²) in [6.07, 6.45) is 0. The first kappa shape index (κ1) is 11.1. The van der Waals surface area contributed by atoms with E-state index in [1.54, 1.807) is 24.3 Å². The van der Waals surface area contributed by atoms with Crippen LogP contribution in [0.1, 0.15) is 10.4 Å². The Bertz CT molecular complexity index is 540. The molecule has 0 fully saturated rings. The zero-order valence-corrected chi connectivity index (χ0v) is 8.98. The van der Waals surface area contributed by atoms with E-state index in [9.17, 15) is 9.18 Å². The summed E-state index contributed by atoms with van der Waals surface area (Å²) in [5.41, 5.74) is 6.64. The van der Waals surface area contributed by atoms with Gasteiger partial charge in [0.05, 0.1) is 5.56 Å². The summed E-state index contributed by atoms with van der Waals surface area (Å²) in [6, 6.07) is 12.6. The number of amides is 1. The van der Waals surface area contributed by atoms with Crippen LogP contribution in [0.3, 0.4) is 0 Å². The van der Waals surface area contributed by atoms with Gasteiger partial charge in [-0.3, -0.25) is 4.79 Å². The summed E-state index contributed by atoms with van der Waals surface area (Å²) >= 11 is 0. The molecule has 86 valence electrons. The number of para-hydroxylation sites is 1. The fraction of sp³-hybridized carbons (Fsp3) is 0. The van der Waals surface area contributed by atoms with Gasteiger partial charge in [-0.1, -0.05) is 18.2 Å². The molecule has 0 saturated carbocycles. The number of nitrogens with two attached hydrogens (primary N) is 1. The Kier molecular flexibility index (Phi) is 3.05. The molecule has 4 heteroatoms. The summed E-state index contributed by atoms with van der Waals surface area (Å²) in [4.78, 5) is 11.8. The van der Waals surface area contributed by atoms with E-state index < -0.39 is 11.7 Å². The molecule has 2 rings (SSSR count). The average Bonchev–Trinajstić information content (AvgIpc) is 2.33. The molecule has 0 aliphatic heterocycles. The van der Waals surface area contributed by atoms with Crippen molar-refractivity contribution in [3.8, 4) is 0 Å². The number of nitrogens with one attached hydrogen (secondary N) is 1. The van der Waals surface area contributed by atoms with Crippen LogP contribution in [0.25, 0.3) is 0 Å². The van der Waals surface area contributed by atoms with Gasteiger partial charge in [0.25, 0.3) is 5.91 Å². The molecule has 1 amide bonds. The van der Waals surface area contributed by atoms with Crippen molar-refractivity contribution < 1.29 is 9.18 Å². The van der Waals surface area contributed by atoms with Gasteiger partial charge in [0.2, 0.25) is 0 Å². The van der Waals surface area contributed by atoms with E-state index in [0.29, 0.717) is 5.69 Å². The van der Waals surface area contributed by atoms with Crippen molar-refractivity contribution in [1.82, 2.24) is 0 Å². The van der Waals surface area contributed by atoms with Crippen molar-refractivity contribution in [2.24, 2.45) is 0 Å². The molecular weight excluding hydrogens is 219 g/mol. The Labute approximate surface area is 98.1 Å². The van der Waals surface area contributed by atoms with Crippen LogP contribution in [0.2, 0.25) is 0 Å². The lowest BCUT2D eigenvalue weighted by Crippen LogP contribution is -2.14. The van der Waals surface area contributed by atoms with Gasteiger partial charge in [-0.2, -0.15) is 0 Å². The highest BCUT2D eigenvalue weighted by molar-refractivity contribution is 6.07. The number of carbonyl (C=O) groups excluding carboxylic acids is 1. The van der Waals surface area contributed by atoms with Gasteiger partial charge >= 0.3 is 0 Å². The second kappa shape index (κ2) is 4.65. The SMILES string of the molecule is Nc1ccc(F)cc1C(=O)Nc1ccccc1. The number of carbonyl (C=O) groups is 1. The second-order valence-corrected chi connectivity index (χ2v) is 3.55. The standard InChI is InChI=1S/C13H11FN2O/c14-9-6-7-12(15)11(8-9)13(17)16-10-4-2-1-3-5-10/h1-8H,15H2,(H,16,17). The van der Waals surface area contributed by atoms with Crippen molar-refractivity contribution in [2.75, 3.05) is 11.1 Å². The third-order valence-corrected chi connectivity index (χ3v) is 2.29. The van der Waals surface area contributed by atoms with Crippen LogP contribution in [0.5, 0.6) is 0 Å². The maximum absolute atomic E-state index is 13.0. The van der Waals surface area contributed by atoms with E-state index in [2.05, 4.69) is 5.32 Å². The van der Waals surface area contributed by atoms with E-state index in [4.69, 9.17) is 5.73 Å². The number of hydrogen-bond donors (Lipinski definition) is 2. The Hall–Kier alpha value is -2.36. The predicted molar refractivity (Wildman–Crippen MR) is 65.2 cm³/mol. The summed E-state index contributed by atoms with van der Waals surface area (Å²) < 4.78 is 13.0. The Morgan fingerprint density at radius 2 is 1.82 bits per heavy atom. The van der Waals surface area contributed by atoms with E-state index in [1.165, 1.54) is 12.1 Å². The molecule has 3 nitrogen and oxygen atoms in total. The first-order valence-electron chi connectivity index (χ1n) is 5.08. The molecular formula is C13H11FN2O. The fourth-order valence-electron chi connectivity index (χ4n) is 1.45. The number of anilines is 2. The third-order valence-electron chi connectivity index (χ3n) is 2.29. The molecule has 2 aromatic rings. The minimum atomic E-state index is -0.489. The number of halogens is 1. The smallest absolute Gasteiger partial charge is 0.257 e. The highest BCUT2D eigenvalue weighted by Crippen LogP contribution is 2.15. The summed E-state index contributed by atoms with van der Waals surface area (Å²) in [6.45, 7) is 0. The molecule has 0 aromatic heterocycles. The van der Waals surface area contributed by atoms with Gasteiger partial charge in [0.15, 0.2) is 0 Å². The molecule has 0 aliphatic carbocycles. The van der Waals surface area contributed by atoms with Gasteiger partial charge in [-0.15, -0.1) is 0 Å². The molecule has 0 bridgehead atoms. The highest BCUT2D eigenvalue weighted by Gasteiger charge is 2.10. The van der Waals surface area contributed by atoms with Crippen LogP contribution >= 0.6 is 0 Å². The third kappa shape index (κ3) is 2.60. The minimum absolute atomic E-state index is 0.133. The minimum Gasteiger partial charge on any atom is -0.398 e. The van der Waals surface area contributed by atoms with Gasteiger partial charge in [-0.25, -0.2) is 4.39 Å². The monoisotopic (exact) mass is 230 g/mol. The van der Waals surface area contributed by atoms with Crippen LogP contribution in [-0.2, 0) is 0 Å². The second-order valence-electron chi connectivity index (χ2n) is 3.55. The zero-order chi connectivity index (χ0) is 12.3. The number of hydrogen-bond acceptors (Lipinski definition) is 2. The lowest BCUT2D eigenvalue weighted by molar-refractivity contribution is 0.102. The normalized spacial score (nSPS) is 9.94. The Morgan fingerprint density at radius 3 is 2.53 bits per heavy atom. The molecule has 2 aromatic carbocycles. The number of nitrogen functional groups attached to an aromatic ring is 1. The highest BCUT2D eigenvalue weighted by atomic mass is 19.1. The maximum Gasteiger partial charge on any atom is 0.257 e. The largest absolute Gasteiger partial charge is 0.398 e. The number of rotatable bonds is 2. The lowest BCUT2D eigenvalue weighted by atomic mass is 10.1. The predicted octanol–water partition coefficient (Wildman–Crippen LogP) is 2.66. The molecule has 0 spiro atoms. The van der Waals surface area contributed by atoms with E-state index >= 15 is 0 Å². The van der Waals surface area contributed by atoms with Gasteiger partial charge in [0.1, 0.15) is 5.82 Å². The lowest BCUT2D eigenvalue weighted by Gasteiger charge is -2.07. The van der Waals surface area contributed by atoms with Gasteiger partial charge in [0, 0.05) is 11.4 Å². The van der Waals surface area contributed by atoms with Crippen molar-refractivity contribution in [3.63, 3.8) is 0 Å². The van der Waals surface area contributed by atoms with Crippen molar-refractivity contribution >= 4 is 17.3 Å². The Morgan fingerprint density at radius 1 is 1.12 bits per heavy atom. The zero-order valence-electron chi connectivity index (χ0n) is 8.98. The maximum atomic E-state index is 13.0. The van der Waals surface area contributed by atoms with Crippen LogP contribution < -0.4 is 11.1 Å². The molecule has 0 atom stereocenters. The van der Waals surface area contributed by atoms with Crippen molar-refractivity contribution in [3.05, 3.63) is 59.9 Å². The first-order chi connectivity index (χ1) is 8.16. The summed E-state index contributed by atoms with van der Waals surface area (Å²) in [5, 5.41) is 2.64. The van der Waals surface area contributed by atoms with Crippen molar-refractivity contribution in [2.45, 2.75) is 0 Å². The molecule has 17 heavy (non-hydrogen) atoms. The first-order valence-corrected chi connectivity index (χ1v) is 5.08. The molecule has 0 heterocycles. The quantitative estimate of drug-likeness (QED) is 0.779. The van der Waals surface area contributed by atoms with E-state index in [0.717, 1.165) is 6.07 Å². The summed E-state index contributed by atoms with van der Waals surface area (Å²) in [7, 11) is 0. The molecule has 0 unspecified atom stereocenters. The fourth-order valence-corrected chi connectivity index (χ4v) is 1.45. The van der Waals surface area contributed by atoms with E-state index in [-0.39, 0.29) is 11.3 Å². The van der Waals surface area contributed by atoms with Gasteiger partial charge < -0.3 is 11.1 Å². The Balaban J connectivity index is 2.23.